The third-order valence-corrected chi connectivity index (χ3v) is 8.69. The second-order valence-corrected chi connectivity index (χ2v) is 11.4. The topological polar surface area (TPSA) is 143 Å². The number of esters is 1. The molecule has 3 aliphatic rings. The Hall–Kier alpha value is -1.59. The molecule has 10 heteroatoms. The lowest BCUT2D eigenvalue weighted by Crippen LogP contribution is -2.60. The Morgan fingerprint density at radius 3 is 2.43 bits per heavy atom. The summed E-state index contributed by atoms with van der Waals surface area (Å²) >= 11 is 0. The fourth-order valence-electron chi connectivity index (χ4n) is 5.96. The fourth-order valence-corrected chi connectivity index (χ4v) is 5.96. The summed E-state index contributed by atoms with van der Waals surface area (Å²) in [5.74, 6) is -5.46. The minimum absolute atomic E-state index is 0.0931. The number of likely N-dealkylation sites (tertiary alicyclic amines) is 1. The monoisotopic (exact) mass is 527 g/mol. The summed E-state index contributed by atoms with van der Waals surface area (Å²) in [5, 5.41) is 31.7. The van der Waals surface area contributed by atoms with Crippen molar-refractivity contribution in [3.63, 3.8) is 0 Å². The van der Waals surface area contributed by atoms with Crippen LogP contribution in [-0.4, -0.2) is 93.9 Å². The minimum Gasteiger partial charge on any atom is -0.461 e. The van der Waals surface area contributed by atoms with Crippen LogP contribution in [0.4, 0.5) is 0 Å². The van der Waals surface area contributed by atoms with Crippen LogP contribution in [-0.2, 0) is 28.6 Å². The zero-order chi connectivity index (χ0) is 27.5. The van der Waals surface area contributed by atoms with Crippen molar-refractivity contribution < 1.29 is 43.9 Å². The summed E-state index contributed by atoms with van der Waals surface area (Å²) in [4.78, 5) is 40.8. The highest BCUT2D eigenvalue weighted by atomic mass is 16.6. The van der Waals surface area contributed by atoms with E-state index >= 15 is 0 Å². The quantitative estimate of drug-likeness (QED) is 0.317. The number of hydrogen-bond acceptors (Lipinski definition) is 9. The lowest BCUT2D eigenvalue weighted by atomic mass is 9.77. The van der Waals surface area contributed by atoms with Crippen molar-refractivity contribution >= 4 is 17.7 Å². The Bertz CT molecular complexity index is 822. The number of nitrogens with zero attached hydrogens (tertiary/aromatic N) is 1. The predicted molar refractivity (Wildman–Crippen MR) is 133 cm³/mol. The van der Waals surface area contributed by atoms with Gasteiger partial charge in [0, 0.05) is 19.6 Å². The summed E-state index contributed by atoms with van der Waals surface area (Å²) < 4.78 is 16.6. The van der Waals surface area contributed by atoms with E-state index in [-0.39, 0.29) is 24.5 Å². The van der Waals surface area contributed by atoms with Crippen molar-refractivity contribution in [2.45, 2.75) is 121 Å². The molecule has 3 N–H and O–H groups in total. The van der Waals surface area contributed by atoms with Crippen molar-refractivity contribution in [3.05, 3.63) is 0 Å². The van der Waals surface area contributed by atoms with Crippen molar-refractivity contribution in [1.82, 2.24) is 4.90 Å². The zero-order valence-corrected chi connectivity index (χ0v) is 22.8. The average molecular weight is 528 g/mol. The number of rotatable bonds is 8. The van der Waals surface area contributed by atoms with Crippen LogP contribution in [0.3, 0.4) is 0 Å². The summed E-state index contributed by atoms with van der Waals surface area (Å²) in [6.45, 7) is 7.37. The number of aliphatic hydroxyl groups excluding tert-OH is 2. The number of carbonyl (C=O) groups excluding carboxylic acids is 3. The van der Waals surface area contributed by atoms with Crippen LogP contribution < -0.4 is 0 Å². The Morgan fingerprint density at radius 1 is 1.05 bits per heavy atom. The first-order valence-electron chi connectivity index (χ1n) is 13.8. The molecule has 37 heavy (non-hydrogen) atoms. The third kappa shape index (κ3) is 6.53. The Labute approximate surface area is 219 Å². The van der Waals surface area contributed by atoms with Crippen molar-refractivity contribution in [3.8, 4) is 0 Å². The smallest absolute Gasteiger partial charge is 0.329 e. The maximum absolute atomic E-state index is 13.2. The molecule has 0 aromatic rings. The van der Waals surface area contributed by atoms with Gasteiger partial charge in [-0.15, -0.1) is 0 Å². The molecule has 0 bridgehead atoms. The molecule has 3 rings (SSSR count). The molecule has 0 radical (unpaired) electrons. The minimum atomic E-state index is -2.20. The highest BCUT2D eigenvalue weighted by Crippen LogP contribution is 2.35. The zero-order valence-electron chi connectivity index (χ0n) is 22.8. The van der Waals surface area contributed by atoms with Gasteiger partial charge in [-0.1, -0.05) is 13.8 Å². The molecule has 212 valence electrons. The number of piperidine rings is 1. The van der Waals surface area contributed by atoms with Gasteiger partial charge in [-0.25, -0.2) is 4.79 Å². The van der Waals surface area contributed by atoms with E-state index in [0.29, 0.717) is 51.4 Å². The van der Waals surface area contributed by atoms with Crippen molar-refractivity contribution in [2.24, 2.45) is 17.8 Å². The van der Waals surface area contributed by atoms with Gasteiger partial charge in [-0.2, -0.15) is 0 Å². The largest absolute Gasteiger partial charge is 0.461 e. The molecule has 2 aliphatic heterocycles. The maximum atomic E-state index is 13.2. The van der Waals surface area contributed by atoms with Crippen LogP contribution in [0.2, 0.25) is 0 Å². The van der Waals surface area contributed by atoms with E-state index in [1.165, 1.54) is 12.0 Å². The van der Waals surface area contributed by atoms with Gasteiger partial charge in [0.2, 0.25) is 5.79 Å². The average Bonchev–Trinajstić information content (AvgIpc) is 2.87. The van der Waals surface area contributed by atoms with Crippen LogP contribution in [0.15, 0.2) is 0 Å². The number of amides is 1. The van der Waals surface area contributed by atoms with Gasteiger partial charge >= 0.3 is 5.97 Å². The molecule has 0 spiro atoms. The first-order valence-corrected chi connectivity index (χ1v) is 13.8. The molecule has 10 unspecified atom stereocenters. The van der Waals surface area contributed by atoms with Gasteiger partial charge < -0.3 is 34.4 Å². The van der Waals surface area contributed by atoms with E-state index in [4.69, 9.17) is 14.2 Å². The van der Waals surface area contributed by atoms with Gasteiger partial charge in [0.05, 0.1) is 18.3 Å². The highest BCUT2D eigenvalue weighted by molar-refractivity contribution is 6.39. The lowest BCUT2D eigenvalue weighted by molar-refractivity contribution is -0.259. The normalized spacial score (nSPS) is 38.5. The number of carbonyl (C=O) groups is 3. The summed E-state index contributed by atoms with van der Waals surface area (Å²) in [5.41, 5.74) is 0. The molecule has 1 amide bonds. The molecular formula is C27H45NO9. The van der Waals surface area contributed by atoms with Gasteiger partial charge in [-0.05, 0) is 77.0 Å². The van der Waals surface area contributed by atoms with Crippen LogP contribution in [0.5, 0.6) is 0 Å². The molecule has 2 saturated heterocycles. The van der Waals surface area contributed by atoms with Crippen molar-refractivity contribution in [1.29, 1.82) is 0 Å². The number of ketones is 1. The van der Waals surface area contributed by atoms with Gasteiger partial charge in [0.25, 0.3) is 11.7 Å². The molecule has 0 aromatic carbocycles. The Balaban J connectivity index is 1.63. The standard InChI is InChI=1S/C27H45NO9/c1-15(14-19-11-12-21(29)23(35-5)22(19)30)18(4)36-26(33)20-8-6-7-13-28(20)25(32)24(31)27(34)16(2)9-10-17(3)37-27/h15-23,29-30,34H,6-14H2,1-5H3. The molecular weight excluding hydrogens is 482 g/mol. The summed E-state index contributed by atoms with van der Waals surface area (Å²) in [7, 11) is 1.47. The number of methoxy groups -OCH3 is 1. The van der Waals surface area contributed by atoms with E-state index in [1.807, 2.05) is 6.92 Å². The summed E-state index contributed by atoms with van der Waals surface area (Å²) in [6, 6.07) is -0.909. The third-order valence-electron chi connectivity index (χ3n) is 8.69. The number of Topliss-reactive ketones (excluding diaryl/α,β-unsaturated/α-hetero) is 1. The molecule has 3 fully saturated rings. The molecule has 1 saturated carbocycles. The van der Waals surface area contributed by atoms with E-state index in [0.717, 1.165) is 0 Å². The van der Waals surface area contributed by atoms with Crippen molar-refractivity contribution in [2.75, 3.05) is 13.7 Å². The Morgan fingerprint density at radius 2 is 1.76 bits per heavy atom. The van der Waals surface area contributed by atoms with Crippen LogP contribution in [0, 0.1) is 17.8 Å². The molecule has 0 aromatic heterocycles. The fraction of sp³-hybridized carbons (Fsp3) is 0.889. The predicted octanol–water partition coefficient (Wildman–Crippen LogP) is 1.56. The van der Waals surface area contributed by atoms with Crippen LogP contribution in [0.1, 0.15) is 79.1 Å². The van der Waals surface area contributed by atoms with Gasteiger partial charge in [0.15, 0.2) is 0 Å². The maximum Gasteiger partial charge on any atom is 0.329 e. The number of hydrogen-bond donors (Lipinski definition) is 3. The van der Waals surface area contributed by atoms with Crippen LogP contribution >= 0.6 is 0 Å². The first kappa shape index (κ1) is 30.0. The molecule has 2 heterocycles. The molecule has 10 nitrogen and oxygen atoms in total. The number of aliphatic hydroxyl groups is 3. The van der Waals surface area contributed by atoms with Crippen LogP contribution in [0.25, 0.3) is 0 Å². The van der Waals surface area contributed by atoms with Gasteiger partial charge in [-0.3, -0.25) is 9.59 Å². The Kier molecular flexibility index (Phi) is 10.1. The van der Waals surface area contributed by atoms with E-state index in [9.17, 15) is 29.7 Å². The summed E-state index contributed by atoms with van der Waals surface area (Å²) in [6.07, 6.45) is 1.71. The van der Waals surface area contributed by atoms with E-state index in [2.05, 4.69) is 0 Å². The first-order chi connectivity index (χ1) is 17.4. The van der Waals surface area contributed by atoms with Gasteiger partial charge in [0.1, 0.15) is 18.2 Å². The SMILES string of the molecule is COC1C(O)CCC(CC(C)C(C)OC(=O)C2CCCCN2C(=O)C(=O)C2(O)OC(C)CCC2C)C1O. The second kappa shape index (κ2) is 12.5. The number of ether oxygens (including phenoxy) is 3. The molecule has 1 aliphatic carbocycles. The highest BCUT2D eigenvalue weighted by Gasteiger charge is 2.52. The van der Waals surface area contributed by atoms with E-state index < -0.39 is 59.8 Å². The van der Waals surface area contributed by atoms with E-state index in [1.54, 1.807) is 20.8 Å². The lowest BCUT2D eigenvalue weighted by Gasteiger charge is -2.41. The second-order valence-electron chi connectivity index (χ2n) is 11.4. The molecule has 10 atom stereocenters.